The van der Waals surface area contributed by atoms with Gasteiger partial charge in [0.25, 0.3) is 5.92 Å². The number of ether oxygens (including phenoxy) is 1. The molecule has 31 heavy (non-hydrogen) atoms. The van der Waals surface area contributed by atoms with E-state index in [0.717, 1.165) is 38.5 Å². The zero-order chi connectivity index (χ0) is 22.8. The van der Waals surface area contributed by atoms with E-state index in [1.54, 1.807) is 0 Å². The monoisotopic (exact) mass is 442 g/mol. The highest BCUT2D eigenvalue weighted by Gasteiger charge is 2.68. The van der Waals surface area contributed by atoms with Gasteiger partial charge in [-0.15, -0.1) is 0 Å². The summed E-state index contributed by atoms with van der Waals surface area (Å²) in [7, 11) is 1.52. The van der Waals surface area contributed by atoms with Crippen molar-refractivity contribution in [3.63, 3.8) is 0 Å². The molecule has 10 atom stereocenters. The first-order valence-corrected chi connectivity index (χ1v) is 12.2. The molecule has 4 saturated carbocycles. The molecule has 0 aromatic rings. The van der Waals surface area contributed by atoms with E-state index < -0.39 is 29.8 Å². The average molecular weight is 443 g/mol. The lowest BCUT2D eigenvalue weighted by atomic mass is 9.43. The number of aliphatic carboxylic acids is 1. The van der Waals surface area contributed by atoms with Crippen LogP contribution in [0.15, 0.2) is 0 Å². The van der Waals surface area contributed by atoms with Crippen LogP contribution < -0.4 is 0 Å². The summed E-state index contributed by atoms with van der Waals surface area (Å²) in [4.78, 5) is 11.9. The molecule has 4 rings (SSSR count). The molecule has 0 spiro atoms. The zero-order valence-electron chi connectivity index (χ0n) is 19.4. The van der Waals surface area contributed by atoms with E-state index in [0.29, 0.717) is 6.42 Å². The zero-order valence-corrected chi connectivity index (χ0v) is 19.4. The molecule has 4 unspecified atom stereocenters. The van der Waals surface area contributed by atoms with E-state index in [-0.39, 0.29) is 53.4 Å². The summed E-state index contributed by atoms with van der Waals surface area (Å²) in [5.41, 5.74) is -0.362. The minimum atomic E-state index is -2.71. The predicted octanol–water partition coefficient (Wildman–Crippen LogP) is 5.23. The number of halogens is 2. The number of carbonyl (C=O) groups is 1. The molecule has 0 aromatic heterocycles. The number of methoxy groups -OCH3 is 1. The molecule has 0 heterocycles. The third-order valence-electron chi connectivity index (χ3n) is 10.6. The van der Waals surface area contributed by atoms with Crippen molar-refractivity contribution in [1.29, 1.82) is 0 Å². The van der Waals surface area contributed by atoms with Crippen LogP contribution in [0.4, 0.5) is 8.78 Å². The Bertz CT molecular complexity index is 699. The summed E-state index contributed by atoms with van der Waals surface area (Å²) >= 11 is 0. The number of fused-ring (bicyclic) bond motifs is 5. The molecule has 4 fully saturated rings. The molecule has 4 nitrogen and oxygen atoms in total. The maximum Gasteiger partial charge on any atom is 0.309 e. The second-order valence-corrected chi connectivity index (χ2v) is 11.8. The normalized spacial score (nSPS) is 48.2. The number of rotatable bonds is 5. The SMILES string of the molecule is COC[C@H](C(=O)O)[C@@H](C)[C@H]1CCC2C3C(CCC21C)[C@@]1(C)CC[C@@H](O)C[C@H]1CC3(F)F. The molecular weight excluding hydrogens is 402 g/mol. The number of alkyl halides is 2. The Kier molecular flexibility index (Phi) is 5.99. The van der Waals surface area contributed by atoms with Gasteiger partial charge in [0, 0.05) is 19.4 Å². The fourth-order valence-corrected chi connectivity index (χ4v) is 8.95. The lowest BCUT2D eigenvalue weighted by molar-refractivity contribution is -0.238. The van der Waals surface area contributed by atoms with Crippen molar-refractivity contribution in [1.82, 2.24) is 0 Å². The molecule has 2 N–H and O–H groups in total. The molecule has 4 aliphatic rings. The molecule has 6 heteroatoms. The van der Waals surface area contributed by atoms with Crippen LogP contribution in [0, 0.1) is 52.3 Å². The molecule has 0 aliphatic heterocycles. The Morgan fingerprint density at radius 1 is 1.10 bits per heavy atom. The van der Waals surface area contributed by atoms with Crippen molar-refractivity contribution in [2.75, 3.05) is 13.7 Å². The number of hydrogen-bond acceptors (Lipinski definition) is 3. The molecule has 0 saturated heterocycles. The molecule has 0 radical (unpaired) electrons. The van der Waals surface area contributed by atoms with Crippen LogP contribution in [-0.4, -0.2) is 41.9 Å². The molecule has 178 valence electrons. The lowest BCUT2D eigenvalue weighted by Crippen LogP contribution is -2.61. The number of aliphatic hydroxyl groups excluding tert-OH is 1. The van der Waals surface area contributed by atoms with Gasteiger partial charge in [0.15, 0.2) is 0 Å². The number of aliphatic hydroxyl groups is 1. The van der Waals surface area contributed by atoms with E-state index in [4.69, 9.17) is 4.74 Å². The van der Waals surface area contributed by atoms with Gasteiger partial charge in [-0.1, -0.05) is 20.8 Å². The van der Waals surface area contributed by atoms with Crippen molar-refractivity contribution < 1.29 is 28.5 Å². The Morgan fingerprint density at radius 2 is 1.74 bits per heavy atom. The van der Waals surface area contributed by atoms with Crippen LogP contribution in [0.1, 0.15) is 72.1 Å². The fraction of sp³-hybridized carbons (Fsp3) is 0.960. The Morgan fingerprint density at radius 3 is 2.39 bits per heavy atom. The van der Waals surface area contributed by atoms with Crippen molar-refractivity contribution >= 4 is 5.97 Å². The van der Waals surface area contributed by atoms with Crippen LogP contribution in [0.2, 0.25) is 0 Å². The smallest absolute Gasteiger partial charge is 0.309 e. The molecular formula is C25H40F2O4. The van der Waals surface area contributed by atoms with Gasteiger partial charge < -0.3 is 14.9 Å². The second-order valence-electron chi connectivity index (χ2n) is 11.8. The first kappa shape index (κ1) is 23.4. The molecule has 0 aromatic carbocycles. The van der Waals surface area contributed by atoms with Crippen molar-refractivity contribution in [3.8, 4) is 0 Å². The van der Waals surface area contributed by atoms with E-state index in [2.05, 4.69) is 13.8 Å². The van der Waals surface area contributed by atoms with Crippen LogP contribution >= 0.6 is 0 Å². The quantitative estimate of drug-likeness (QED) is 0.611. The first-order valence-electron chi connectivity index (χ1n) is 12.2. The van der Waals surface area contributed by atoms with Gasteiger partial charge in [-0.05, 0) is 85.4 Å². The topological polar surface area (TPSA) is 66.8 Å². The van der Waals surface area contributed by atoms with Gasteiger partial charge in [0.1, 0.15) is 0 Å². The average Bonchev–Trinajstić information content (AvgIpc) is 3.03. The number of hydrogen-bond donors (Lipinski definition) is 2. The van der Waals surface area contributed by atoms with Crippen molar-refractivity contribution in [2.45, 2.75) is 84.2 Å². The predicted molar refractivity (Wildman–Crippen MR) is 114 cm³/mol. The Hall–Kier alpha value is -0.750. The van der Waals surface area contributed by atoms with Crippen LogP contribution in [0.3, 0.4) is 0 Å². The Labute approximate surface area is 185 Å². The number of carboxylic acids is 1. The van der Waals surface area contributed by atoms with Crippen LogP contribution in [0.5, 0.6) is 0 Å². The van der Waals surface area contributed by atoms with Crippen molar-refractivity contribution in [3.05, 3.63) is 0 Å². The van der Waals surface area contributed by atoms with Gasteiger partial charge in [-0.25, -0.2) is 8.78 Å². The number of carboxylic acid groups (broad SMARTS) is 1. The third kappa shape index (κ3) is 3.55. The summed E-state index contributed by atoms with van der Waals surface area (Å²) < 4.78 is 36.7. The van der Waals surface area contributed by atoms with Gasteiger partial charge >= 0.3 is 5.97 Å². The van der Waals surface area contributed by atoms with Crippen LogP contribution in [0.25, 0.3) is 0 Å². The summed E-state index contributed by atoms with van der Waals surface area (Å²) in [6.45, 7) is 6.54. The highest BCUT2D eigenvalue weighted by molar-refractivity contribution is 5.70. The third-order valence-corrected chi connectivity index (χ3v) is 10.6. The highest BCUT2D eigenvalue weighted by atomic mass is 19.3. The molecule has 0 bridgehead atoms. The second kappa shape index (κ2) is 7.93. The largest absolute Gasteiger partial charge is 0.481 e. The van der Waals surface area contributed by atoms with Crippen molar-refractivity contribution in [2.24, 2.45) is 52.3 Å². The van der Waals surface area contributed by atoms with Gasteiger partial charge in [0.05, 0.1) is 18.6 Å². The van der Waals surface area contributed by atoms with Crippen LogP contribution in [-0.2, 0) is 9.53 Å². The standard InChI is InChI=1S/C25H40F2O4/c1-14(17(13-31-4)22(29)30)18-5-6-19-21-20(8-10-24(18,19)3)23(2)9-7-16(28)11-15(23)12-25(21,26)27/h14-21,28H,5-13H2,1-4H3,(H,29,30)/t14-,15+,16-,17+,18-,19?,20?,21?,23+,24?/m1/s1. The first-order chi connectivity index (χ1) is 14.5. The van der Waals surface area contributed by atoms with Gasteiger partial charge in [0.2, 0.25) is 0 Å². The van der Waals surface area contributed by atoms with Gasteiger partial charge in [-0.3, -0.25) is 4.79 Å². The lowest BCUT2D eigenvalue weighted by Gasteiger charge is -2.63. The summed E-state index contributed by atoms with van der Waals surface area (Å²) in [6.07, 6.45) is 4.82. The van der Waals surface area contributed by atoms with E-state index in [1.807, 2.05) is 6.92 Å². The van der Waals surface area contributed by atoms with E-state index in [1.165, 1.54) is 7.11 Å². The van der Waals surface area contributed by atoms with E-state index >= 15 is 8.78 Å². The fourth-order valence-electron chi connectivity index (χ4n) is 8.95. The van der Waals surface area contributed by atoms with E-state index in [9.17, 15) is 15.0 Å². The minimum absolute atomic E-state index is 0.00451. The summed E-state index contributed by atoms with van der Waals surface area (Å²) in [6, 6.07) is 0. The summed E-state index contributed by atoms with van der Waals surface area (Å²) in [5.74, 6) is -4.93. The minimum Gasteiger partial charge on any atom is -0.481 e. The highest BCUT2D eigenvalue weighted by Crippen LogP contribution is 2.71. The Balaban J connectivity index is 1.64. The molecule has 0 amide bonds. The van der Waals surface area contributed by atoms with Gasteiger partial charge in [-0.2, -0.15) is 0 Å². The summed E-state index contributed by atoms with van der Waals surface area (Å²) in [5, 5.41) is 19.9. The maximum absolute atomic E-state index is 15.8. The maximum atomic E-state index is 15.8. The molecule has 4 aliphatic carbocycles.